The van der Waals surface area contributed by atoms with Gasteiger partial charge in [0.25, 0.3) is 5.91 Å². The third-order valence-electron chi connectivity index (χ3n) is 7.18. The molecule has 2 N–H and O–H groups in total. The number of carbonyl (C=O) groups is 2. The van der Waals surface area contributed by atoms with Gasteiger partial charge in [0, 0.05) is 34.8 Å². The van der Waals surface area contributed by atoms with Crippen LogP contribution in [0.15, 0.2) is 73.1 Å². The Labute approximate surface area is 258 Å². The van der Waals surface area contributed by atoms with Crippen molar-refractivity contribution in [2.24, 2.45) is 0 Å². The largest absolute Gasteiger partial charge is 0.494 e. The molecule has 0 saturated heterocycles. The Bertz CT molecular complexity index is 1470. The van der Waals surface area contributed by atoms with Gasteiger partial charge < -0.3 is 15.2 Å². The van der Waals surface area contributed by atoms with E-state index in [4.69, 9.17) is 4.74 Å². The number of carboxylic acid groups (broad SMARTS) is 1. The Morgan fingerprint density at radius 2 is 1.51 bits per heavy atom. The summed E-state index contributed by atoms with van der Waals surface area (Å²) < 4.78 is 5.87. The SMILES string of the molecule is CCCCCCCOc1ccc(-c2cnc(-c3ccc(CC(NC(=O)c4ccc(C(C)(C)C)s4)C(=O)O)cc3)nc2)cc1. The summed E-state index contributed by atoms with van der Waals surface area (Å²) in [6, 6.07) is 18.0. The lowest BCUT2D eigenvalue weighted by Crippen LogP contribution is -2.42. The second-order valence-electron chi connectivity index (χ2n) is 11.8. The highest BCUT2D eigenvalue weighted by molar-refractivity contribution is 7.14. The Morgan fingerprint density at radius 3 is 2.12 bits per heavy atom. The molecule has 0 aliphatic rings. The molecule has 2 aromatic heterocycles. The van der Waals surface area contributed by atoms with Crippen LogP contribution in [0.25, 0.3) is 22.5 Å². The molecule has 1 unspecified atom stereocenters. The minimum Gasteiger partial charge on any atom is -0.494 e. The first-order valence-corrected chi connectivity index (χ1v) is 15.7. The number of unbranched alkanes of at least 4 members (excludes halogenated alkanes) is 4. The van der Waals surface area contributed by atoms with Crippen LogP contribution in [-0.2, 0) is 16.6 Å². The van der Waals surface area contributed by atoms with Crippen molar-refractivity contribution in [1.29, 1.82) is 0 Å². The summed E-state index contributed by atoms with van der Waals surface area (Å²) >= 11 is 1.39. The number of amides is 1. The number of thiophene rings is 1. The van der Waals surface area contributed by atoms with Gasteiger partial charge in [0.15, 0.2) is 5.82 Å². The van der Waals surface area contributed by atoms with E-state index in [1.54, 1.807) is 18.5 Å². The zero-order chi connectivity index (χ0) is 30.8. The van der Waals surface area contributed by atoms with E-state index in [1.165, 1.54) is 37.0 Å². The van der Waals surface area contributed by atoms with Gasteiger partial charge in [0.1, 0.15) is 11.8 Å². The predicted octanol–water partition coefficient (Wildman–Crippen LogP) is 7.94. The molecular weight excluding hydrogens is 558 g/mol. The second-order valence-corrected chi connectivity index (χ2v) is 12.8. The van der Waals surface area contributed by atoms with Gasteiger partial charge in [0.2, 0.25) is 0 Å². The topological polar surface area (TPSA) is 101 Å². The highest BCUT2D eigenvalue weighted by Gasteiger charge is 2.24. The molecule has 0 radical (unpaired) electrons. The molecule has 226 valence electrons. The fraction of sp³-hybridized carbons (Fsp3) is 0.371. The Hall–Kier alpha value is -4.04. The summed E-state index contributed by atoms with van der Waals surface area (Å²) in [5.74, 6) is -0.0135. The summed E-state index contributed by atoms with van der Waals surface area (Å²) in [7, 11) is 0. The maximum Gasteiger partial charge on any atom is 0.326 e. The number of hydrogen-bond donors (Lipinski definition) is 2. The number of benzene rings is 2. The first-order valence-electron chi connectivity index (χ1n) is 14.9. The predicted molar refractivity (Wildman–Crippen MR) is 173 cm³/mol. The standard InChI is InChI=1S/C35H41N3O4S/c1-5-6-7-8-9-20-42-28-16-14-25(15-17-28)27-22-36-32(37-23-27)26-12-10-24(11-13-26)21-29(34(40)41)38-33(39)30-18-19-31(43-30)35(2,3)4/h10-19,22-23,29H,5-9,20-21H2,1-4H3,(H,38,39)(H,40,41). The highest BCUT2D eigenvalue weighted by atomic mass is 32.1. The average Bonchev–Trinajstić information content (AvgIpc) is 3.51. The van der Waals surface area contributed by atoms with Gasteiger partial charge in [-0.25, -0.2) is 14.8 Å². The number of nitrogens with zero attached hydrogens (tertiary/aromatic N) is 2. The quantitative estimate of drug-likeness (QED) is 0.143. The first-order chi connectivity index (χ1) is 20.6. The van der Waals surface area contributed by atoms with Crippen molar-refractivity contribution in [2.45, 2.75) is 77.7 Å². The molecule has 2 aromatic carbocycles. The summed E-state index contributed by atoms with van der Waals surface area (Å²) in [5.41, 5.74) is 3.46. The molecule has 0 saturated carbocycles. The smallest absolute Gasteiger partial charge is 0.326 e. The zero-order valence-corrected chi connectivity index (χ0v) is 26.2. The Kier molecular flexibility index (Phi) is 11.1. The number of aliphatic carboxylic acids is 1. The molecule has 4 aromatic rings. The van der Waals surface area contributed by atoms with Gasteiger partial charge in [-0.3, -0.25) is 4.79 Å². The Balaban J connectivity index is 1.32. The van der Waals surface area contributed by atoms with E-state index in [0.717, 1.165) is 45.9 Å². The number of carbonyl (C=O) groups excluding carboxylic acids is 1. The highest BCUT2D eigenvalue weighted by Crippen LogP contribution is 2.29. The molecule has 8 heteroatoms. The van der Waals surface area contributed by atoms with E-state index in [1.807, 2.05) is 54.6 Å². The molecule has 4 rings (SSSR count). The minimum atomic E-state index is -1.08. The number of carboxylic acids is 1. The monoisotopic (exact) mass is 599 g/mol. The van der Waals surface area contributed by atoms with Crippen molar-refractivity contribution >= 4 is 23.2 Å². The molecule has 0 fully saturated rings. The van der Waals surface area contributed by atoms with Crippen LogP contribution in [0.3, 0.4) is 0 Å². The van der Waals surface area contributed by atoms with E-state index in [9.17, 15) is 14.7 Å². The molecule has 0 aliphatic carbocycles. The van der Waals surface area contributed by atoms with Crippen molar-refractivity contribution in [2.75, 3.05) is 6.61 Å². The molecule has 7 nitrogen and oxygen atoms in total. The van der Waals surface area contributed by atoms with Crippen molar-refractivity contribution < 1.29 is 19.4 Å². The fourth-order valence-electron chi connectivity index (χ4n) is 4.58. The number of nitrogens with one attached hydrogen (secondary N) is 1. The molecule has 0 bridgehead atoms. The van der Waals surface area contributed by atoms with Crippen LogP contribution in [-0.4, -0.2) is 39.6 Å². The number of hydrogen-bond acceptors (Lipinski definition) is 6. The van der Waals surface area contributed by atoms with E-state index >= 15 is 0 Å². The summed E-state index contributed by atoms with van der Waals surface area (Å²) in [6.07, 6.45) is 9.82. The summed E-state index contributed by atoms with van der Waals surface area (Å²) in [5, 5.41) is 12.4. The van der Waals surface area contributed by atoms with E-state index < -0.39 is 12.0 Å². The van der Waals surface area contributed by atoms with Gasteiger partial charge in [-0.05, 0) is 47.2 Å². The molecule has 1 atom stereocenters. The number of ether oxygens (including phenoxy) is 1. The maximum absolute atomic E-state index is 12.8. The molecule has 0 aliphatic heterocycles. The molecule has 43 heavy (non-hydrogen) atoms. The number of aromatic nitrogens is 2. The van der Waals surface area contributed by atoms with Crippen molar-refractivity contribution in [1.82, 2.24) is 15.3 Å². The van der Waals surface area contributed by atoms with Crippen LogP contribution in [0.2, 0.25) is 0 Å². The minimum absolute atomic E-state index is 0.0745. The average molecular weight is 600 g/mol. The van der Waals surface area contributed by atoms with Gasteiger partial charge in [-0.1, -0.05) is 89.8 Å². The Morgan fingerprint density at radius 1 is 0.860 bits per heavy atom. The van der Waals surface area contributed by atoms with Crippen LogP contribution < -0.4 is 10.1 Å². The fourth-order valence-corrected chi connectivity index (χ4v) is 5.55. The summed E-state index contributed by atoms with van der Waals surface area (Å²) in [6.45, 7) is 9.19. The zero-order valence-electron chi connectivity index (χ0n) is 25.4. The van der Waals surface area contributed by atoms with E-state index in [2.05, 4.69) is 43.0 Å². The first kappa shape index (κ1) is 31.9. The lowest BCUT2D eigenvalue weighted by Gasteiger charge is -2.16. The van der Waals surface area contributed by atoms with Crippen LogP contribution in [0.4, 0.5) is 0 Å². The normalized spacial score (nSPS) is 12.1. The maximum atomic E-state index is 12.8. The molecule has 0 spiro atoms. The number of rotatable bonds is 14. The van der Waals surface area contributed by atoms with Crippen molar-refractivity contribution in [3.8, 4) is 28.3 Å². The molecule has 2 heterocycles. The second kappa shape index (κ2) is 14.9. The van der Waals surface area contributed by atoms with Gasteiger partial charge in [-0.15, -0.1) is 11.3 Å². The van der Waals surface area contributed by atoms with Gasteiger partial charge in [0.05, 0.1) is 11.5 Å². The van der Waals surface area contributed by atoms with Crippen LogP contribution >= 0.6 is 11.3 Å². The molecular formula is C35H41N3O4S. The lowest BCUT2D eigenvalue weighted by molar-refractivity contribution is -0.139. The van der Waals surface area contributed by atoms with E-state index in [0.29, 0.717) is 10.7 Å². The van der Waals surface area contributed by atoms with Gasteiger partial charge >= 0.3 is 5.97 Å². The van der Waals surface area contributed by atoms with E-state index in [-0.39, 0.29) is 17.7 Å². The third-order valence-corrected chi connectivity index (χ3v) is 8.69. The van der Waals surface area contributed by atoms with Crippen molar-refractivity contribution in [3.05, 3.63) is 88.4 Å². The summed E-state index contributed by atoms with van der Waals surface area (Å²) in [4.78, 5) is 35.4. The molecule has 1 amide bonds. The lowest BCUT2D eigenvalue weighted by atomic mass is 9.95. The van der Waals surface area contributed by atoms with Gasteiger partial charge in [-0.2, -0.15) is 0 Å². The van der Waals surface area contributed by atoms with Crippen molar-refractivity contribution in [3.63, 3.8) is 0 Å². The van der Waals surface area contributed by atoms with Crippen LogP contribution in [0.5, 0.6) is 5.75 Å². The van der Waals surface area contributed by atoms with Crippen LogP contribution in [0.1, 0.15) is 79.9 Å². The third kappa shape index (κ3) is 9.22. The van der Waals surface area contributed by atoms with Crippen LogP contribution in [0, 0.1) is 0 Å².